The number of benzene rings is 2. The molecule has 0 aliphatic heterocycles. The van der Waals surface area contributed by atoms with Crippen molar-refractivity contribution in [2.75, 3.05) is 13.2 Å². The lowest BCUT2D eigenvalue weighted by atomic mass is 10.1. The first kappa shape index (κ1) is 27.9. The number of esters is 2. The SMILES string of the molecule is C=CC(=O)OCCCCCCOc1ccc(/C=C/C(=O)Oc2ccc(CCCCCC)cc2)cc1. The van der Waals surface area contributed by atoms with Crippen molar-refractivity contribution in [1.29, 1.82) is 0 Å². The largest absolute Gasteiger partial charge is 0.494 e. The zero-order chi connectivity index (χ0) is 25.1. The second-order valence-corrected chi connectivity index (χ2v) is 8.41. The molecule has 2 aromatic rings. The van der Waals surface area contributed by atoms with Crippen LogP contribution in [0, 0.1) is 0 Å². The molecule has 0 aromatic heterocycles. The van der Waals surface area contributed by atoms with E-state index in [1.807, 2.05) is 48.5 Å². The lowest BCUT2D eigenvalue weighted by Crippen LogP contribution is -2.03. The second-order valence-electron chi connectivity index (χ2n) is 8.41. The molecule has 0 saturated carbocycles. The molecule has 0 heterocycles. The van der Waals surface area contributed by atoms with Crippen LogP contribution in [0.2, 0.25) is 0 Å². The number of hydrogen-bond acceptors (Lipinski definition) is 5. The van der Waals surface area contributed by atoms with E-state index >= 15 is 0 Å². The molecular formula is C30H38O5. The summed E-state index contributed by atoms with van der Waals surface area (Å²) in [4.78, 5) is 23.1. The number of aryl methyl sites for hydroxylation is 1. The van der Waals surface area contributed by atoms with Gasteiger partial charge in [0.15, 0.2) is 0 Å². The van der Waals surface area contributed by atoms with Crippen LogP contribution in [0.5, 0.6) is 11.5 Å². The summed E-state index contributed by atoms with van der Waals surface area (Å²) in [6.45, 7) is 6.64. The van der Waals surface area contributed by atoms with Gasteiger partial charge in [0.05, 0.1) is 13.2 Å². The number of ether oxygens (including phenoxy) is 3. The van der Waals surface area contributed by atoms with E-state index in [0.29, 0.717) is 19.0 Å². The Balaban J connectivity index is 1.63. The number of rotatable bonds is 17. The number of hydrogen-bond donors (Lipinski definition) is 0. The molecule has 0 aliphatic carbocycles. The Kier molecular flexibility index (Phi) is 13.7. The van der Waals surface area contributed by atoms with Gasteiger partial charge in [0.25, 0.3) is 0 Å². The second kappa shape index (κ2) is 17.1. The quantitative estimate of drug-likeness (QED) is 0.105. The topological polar surface area (TPSA) is 61.8 Å². The van der Waals surface area contributed by atoms with Crippen LogP contribution in [0.1, 0.15) is 69.4 Å². The van der Waals surface area contributed by atoms with Gasteiger partial charge in [-0.1, -0.05) is 57.0 Å². The molecule has 5 nitrogen and oxygen atoms in total. The normalized spacial score (nSPS) is 10.8. The van der Waals surface area contributed by atoms with Crippen LogP contribution in [-0.4, -0.2) is 25.2 Å². The molecule has 188 valence electrons. The van der Waals surface area contributed by atoms with Crippen LogP contribution >= 0.6 is 0 Å². The van der Waals surface area contributed by atoms with Crippen molar-refractivity contribution in [3.8, 4) is 11.5 Å². The van der Waals surface area contributed by atoms with E-state index < -0.39 is 5.97 Å². The zero-order valence-electron chi connectivity index (χ0n) is 20.9. The minimum Gasteiger partial charge on any atom is -0.494 e. The molecule has 0 spiro atoms. The maximum Gasteiger partial charge on any atom is 0.336 e. The average molecular weight is 479 g/mol. The van der Waals surface area contributed by atoms with E-state index in [0.717, 1.165) is 43.4 Å². The Bertz CT molecular complexity index is 913. The molecule has 0 saturated heterocycles. The summed E-state index contributed by atoms with van der Waals surface area (Å²) in [5, 5.41) is 0. The van der Waals surface area contributed by atoms with Crippen molar-refractivity contribution >= 4 is 18.0 Å². The van der Waals surface area contributed by atoms with E-state index in [1.165, 1.54) is 43.4 Å². The Labute approximate surface area is 209 Å². The van der Waals surface area contributed by atoms with E-state index in [4.69, 9.17) is 14.2 Å². The van der Waals surface area contributed by atoms with Gasteiger partial charge in [-0.2, -0.15) is 0 Å². The van der Waals surface area contributed by atoms with Crippen LogP contribution in [0.25, 0.3) is 6.08 Å². The Morgan fingerprint density at radius 3 is 2.11 bits per heavy atom. The molecule has 0 atom stereocenters. The summed E-state index contributed by atoms with van der Waals surface area (Å²) in [5.41, 5.74) is 2.16. The van der Waals surface area contributed by atoms with E-state index in [-0.39, 0.29) is 5.97 Å². The first-order valence-corrected chi connectivity index (χ1v) is 12.6. The van der Waals surface area contributed by atoms with E-state index in [9.17, 15) is 9.59 Å². The number of unbranched alkanes of at least 4 members (excludes halogenated alkanes) is 6. The Morgan fingerprint density at radius 2 is 1.43 bits per heavy atom. The highest BCUT2D eigenvalue weighted by Gasteiger charge is 2.02. The third-order valence-electron chi connectivity index (χ3n) is 5.47. The molecule has 35 heavy (non-hydrogen) atoms. The minimum absolute atomic E-state index is 0.374. The molecule has 2 rings (SSSR count). The summed E-state index contributed by atoms with van der Waals surface area (Å²) in [6, 6.07) is 15.3. The number of carbonyl (C=O) groups is 2. The molecule has 0 amide bonds. The van der Waals surface area contributed by atoms with Crippen molar-refractivity contribution in [3.63, 3.8) is 0 Å². The smallest absolute Gasteiger partial charge is 0.336 e. The highest BCUT2D eigenvalue weighted by molar-refractivity contribution is 5.88. The van der Waals surface area contributed by atoms with Crippen LogP contribution in [0.3, 0.4) is 0 Å². The average Bonchev–Trinajstić information content (AvgIpc) is 2.88. The van der Waals surface area contributed by atoms with Crippen molar-refractivity contribution in [2.24, 2.45) is 0 Å². The van der Waals surface area contributed by atoms with Gasteiger partial charge < -0.3 is 14.2 Å². The molecule has 5 heteroatoms. The van der Waals surface area contributed by atoms with E-state index in [2.05, 4.69) is 13.5 Å². The Hall–Kier alpha value is -3.34. The Morgan fingerprint density at radius 1 is 0.771 bits per heavy atom. The number of carbonyl (C=O) groups excluding carboxylic acids is 2. The molecule has 0 unspecified atom stereocenters. The van der Waals surface area contributed by atoms with Gasteiger partial charge in [0.2, 0.25) is 0 Å². The maximum absolute atomic E-state index is 12.1. The lowest BCUT2D eigenvalue weighted by molar-refractivity contribution is -0.137. The fourth-order valence-corrected chi connectivity index (χ4v) is 3.45. The molecule has 0 N–H and O–H groups in total. The lowest BCUT2D eigenvalue weighted by Gasteiger charge is -2.07. The first-order chi connectivity index (χ1) is 17.1. The zero-order valence-corrected chi connectivity index (χ0v) is 20.9. The molecule has 0 aliphatic rings. The van der Waals surface area contributed by atoms with Crippen molar-refractivity contribution < 1.29 is 23.8 Å². The molecule has 2 aromatic carbocycles. The predicted molar refractivity (Wildman–Crippen MR) is 141 cm³/mol. The standard InChI is InChI=1S/C30H38O5/c1-3-5-6-9-12-25-15-20-28(21-16-25)35-30(32)22-17-26-13-18-27(19-14-26)33-23-10-7-8-11-24-34-29(31)4-2/h4,13-22H,2-3,5-12,23-24H2,1H3/b22-17+. The van der Waals surface area contributed by atoms with Crippen molar-refractivity contribution in [2.45, 2.75) is 64.7 Å². The van der Waals surface area contributed by atoms with Gasteiger partial charge in [-0.3, -0.25) is 0 Å². The summed E-state index contributed by atoms with van der Waals surface area (Å²) in [6.07, 6.45) is 14.1. The van der Waals surface area contributed by atoms with Crippen LogP contribution < -0.4 is 9.47 Å². The summed E-state index contributed by atoms with van der Waals surface area (Å²) in [5.74, 6) is 0.569. The van der Waals surface area contributed by atoms with E-state index in [1.54, 1.807) is 6.08 Å². The molecule has 0 bridgehead atoms. The van der Waals surface area contributed by atoms with Gasteiger partial charge in [-0.05, 0) is 80.0 Å². The third kappa shape index (κ3) is 12.6. The van der Waals surface area contributed by atoms with Gasteiger partial charge in [0, 0.05) is 12.2 Å². The maximum atomic E-state index is 12.1. The highest BCUT2D eigenvalue weighted by atomic mass is 16.5. The third-order valence-corrected chi connectivity index (χ3v) is 5.47. The van der Waals surface area contributed by atoms with Gasteiger partial charge in [0.1, 0.15) is 11.5 Å². The molecular weight excluding hydrogens is 440 g/mol. The van der Waals surface area contributed by atoms with Gasteiger partial charge in [-0.25, -0.2) is 9.59 Å². The monoisotopic (exact) mass is 478 g/mol. The molecule has 0 fully saturated rings. The summed E-state index contributed by atoms with van der Waals surface area (Å²) >= 11 is 0. The fraction of sp³-hybridized carbons (Fsp3) is 0.400. The first-order valence-electron chi connectivity index (χ1n) is 12.6. The van der Waals surface area contributed by atoms with Crippen LogP contribution in [0.4, 0.5) is 0 Å². The minimum atomic E-state index is -0.403. The predicted octanol–water partition coefficient (Wildman–Crippen LogP) is 7.10. The van der Waals surface area contributed by atoms with Gasteiger partial charge in [-0.15, -0.1) is 0 Å². The van der Waals surface area contributed by atoms with Crippen molar-refractivity contribution in [1.82, 2.24) is 0 Å². The van der Waals surface area contributed by atoms with Crippen LogP contribution in [0.15, 0.2) is 67.3 Å². The summed E-state index contributed by atoms with van der Waals surface area (Å²) in [7, 11) is 0. The summed E-state index contributed by atoms with van der Waals surface area (Å²) < 4.78 is 16.1. The highest BCUT2D eigenvalue weighted by Crippen LogP contribution is 2.16. The van der Waals surface area contributed by atoms with Crippen LogP contribution in [-0.2, 0) is 20.7 Å². The fourth-order valence-electron chi connectivity index (χ4n) is 3.45. The molecule has 0 radical (unpaired) electrons. The van der Waals surface area contributed by atoms with Crippen molar-refractivity contribution in [3.05, 3.63) is 78.4 Å². The van der Waals surface area contributed by atoms with Gasteiger partial charge >= 0.3 is 11.9 Å².